The van der Waals surface area contributed by atoms with E-state index in [0.29, 0.717) is 5.03 Å². The minimum atomic E-state index is -1.02. The predicted octanol–water partition coefficient (Wildman–Crippen LogP) is 4.10. The molecule has 0 fully saturated rings. The van der Waals surface area contributed by atoms with E-state index in [1.165, 1.54) is 17.8 Å². The van der Waals surface area contributed by atoms with Crippen molar-refractivity contribution in [3.8, 4) is 0 Å². The van der Waals surface area contributed by atoms with E-state index in [1.54, 1.807) is 12.3 Å². The van der Waals surface area contributed by atoms with E-state index in [9.17, 15) is 13.6 Å². The average molecular weight is 344 g/mol. The van der Waals surface area contributed by atoms with Crippen LogP contribution in [0, 0.1) is 11.6 Å². The second-order valence-corrected chi connectivity index (χ2v) is 5.45. The fourth-order valence-corrected chi connectivity index (χ4v) is 2.74. The van der Waals surface area contributed by atoms with E-state index in [-0.39, 0.29) is 17.1 Å². The summed E-state index contributed by atoms with van der Waals surface area (Å²) in [6.45, 7) is 0. The third kappa shape index (κ3) is 3.61. The molecule has 0 saturated heterocycles. The Kier molecular flexibility index (Phi) is 4.66. The van der Waals surface area contributed by atoms with Crippen LogP contribution in [0.4, 0.5) is 8.78 Å². The molecule has 98 valence electrons. The normalized spacial score (nSPS) is 10.5. The zero-order valence-electron chi connectivity index (χ0n) is 9.57. The van der Waals surface area contributed by atoms with Gasteiger partial charge in [-0.3, -0.25) is 4.79 Å². The van der Waals surface area contributed by atoms with Crippen LogP contribution >= 0.6 is 27.7 Å². The van der Waals surface area contributed by atoms with Gasteiger partial charge in [0.1, 0.15) is 5.03 Å². The molecular formula is C13H8BrF2NOS. The van der Waals surface area contributed by atoms with Gasteiger partial charge < -0.3 is 0 Å². The second kappa shape index (κ2) is 6.25. The van der Waals surface area contributed by atoms with Crippen LogP contribution in [-0.2, 0) is 0 Å². The summed E-state index contributed by atoms with van der Waals surface area (Å²) in [6.07, 6.45) is 1.62. The molecule has 0 N–H and O–H groups in total. The number of thioether (sulfide) groups is 1. The molecular weight excluding hydrogens is 336 g/mol. The lowest BCUT2D eigenvalue weighted by Crippen LogP contribution is -2.04. The zero-order valence-corrected chi connectivity index (χ0v) is 12.0. The van der Waals surface area contributed by atoms with Gasteiger partial charge in [0.2, 0.25) is 0 Å². The highest BCUT2D eigenvalue weighted by Gasteiger charge is 2.11. The Morgan fingerprint density at radius 3 is 2.74 bits per heavy atom. The molecule has 0 radical (unpaired) electrons. The van der Waals surface area contributed by atoms with E-state index in [4.69, 9.17) is 0 Å². The van der Waals surface area contributed by atoms with Crippen LogP contribution in [0.5, 0.6) is 0 Å². The maximum Gasteiger partial charge on any atom is 0.173 e. The molecule has 1 aromatic carbocycles. The van der Waals surface area contributed by atoms with Gasteiger partial charge in [-0.05, 0) is 46.3 Å². The number of Topliss-reactive ketones (excluding diaryl/α,β-unsaturated/α-hetero) is 1. The number of carbonyl (C=O) groups excluding carboxylic acids is 1. The smallest absolute Gasteiger partial charge is 0.173 e. The van der Waals surface area contributed by atoms with Gasteiger partial charge >= 0.3 is 0 Å². The van der Waals surface area contributed by atoms with E-state index in [0.717, 1.165) is 16.6 Å². The Morgan fingerprint density at radius 1 is 1.26 bits per heavy atom. The summed E-state index contributed by atoms with van der Waals surface area (Å²) in [5.74, 6) is -2.14. The highest BCUT2D eigenvalue weighted by molar-refractivity contribution is 9.10. The summed E-state index contributed by atoms with van der Waals surface area (Å²) in [6, 6.07) is 6.72. The van der Waals surface area contributed by atoms with Gasteiger partial charge in [0, 0.05) is 16.2 Å². The van der Waals surface area contributed by atoms with Crippen LogP contribution in [-0.4, -0.2) is 16.5 Å². The fourth-order valence-electron chi connectivity index (χ4n) is 1.36. The molecule has 2 nitrogen and oxygen atoms in total. The number of ketones is 1. The lowest BCUT2D eigenvalue weighted by atomic mass is 10.1. The molecule has 0 saturated carbocycles. The van der Waals surface area contributed by atoms with Crippen molar-refractivity contribution in [2.24, 2.45) is 0 Å². The van der Waals surface area contributed by atoms with Crippen molar-refractivity contribution in [1.29, 1.82) is 0 Å². The first-order chi connectivity index (χ1) is 9.08. The number of hydrogen-bond donors (Lipinski definition) is 0. The molecule has 1 heterocycles. The first kappa shape index (κ1) is 14.1. The van der Waals surface area contributed by atoms with Gasteiger partial charge in [-0.1, -0.05) is 11.8 Å². The summed E-state index contributed by atoms with van der Waals surface area (Å²) < 4.78 is 26.6. The second-order valence-electron chi connectivity index (χ2n) is 3.63. The van der Waals surface area contributed by atoms with Crippen LogP contribution in [0.25, 0.3) is 0 Å². The zero-order chi connectivity index (χ0) is 13.8. The molecule has 0 amide bonds. The third-order valence-electron chi connectivity index (χ3n) is 2.31. The molecule has 6 heteroatoms. The van der Waals surface area contributed by atoms with Crippen LogP contribution in [0.1, 0.15) is 10.4 Å². The van der Waals surface area contributed by atoms with Crippen molar-refractivity contribution in [2.45, 2.75) is 5.03 Å². The highest BCUT2D eigenvalue weighted by Crippen LogP contribution is 2.25. The lowest BCUT2D eigenvalue weighted by molar-refractivity contribution is 0.102. The Morgan fingerprint density at radius 2 is 2.05 bits per heavy atom. The molecule has 2 aromatic rings. The molecule has 0 atom stereocenters. The average Bonchev–Trinajstić information content (AvgIpc) is 2.40. The highest BCUT2D eigenvalue weighted by atomic mass is 79.9. The number of rotatable bonds is 4. The van der Waals surface area contributed by atoms with Gasteiger partial charge in [0.25, 0.3) is 0 Å². The standard InChI is InChI=1S/C13H8BrF2NOS/c14-9-2-1-5-17-13(9)19-7-12(18)8-3-4-10(15)11(16)6-8/h1-6H,7H2. The quantitative estimate of drug-likeness (QED) is 0.618. The molecule has 0 aliphatic carbocycles. The van der Waals surface area contributed by atoms with Gasteiger partial charge in [-0.15, -0.1) is 0 Å². The summed E-state index contributed by atoms with van der Waals surface area (Å²) in [5.41, 5.74) is 0.151. The largest absolute Gasteiger partial charge is 0.293 e. The van der Waals surface area contributed by atoms with Gasteiger partial charge in [-0.25, -0.2) is 13.8 Å². The topological polar surface area (TPSA) is 30.0 Å². The lowest BCUT2D eigenvalue weighted by Gasteiger charge is -2.03. The fraction of sp³-hybridized carbons (Fsp3) is 0.0769. The van der Waals surface area contributed by atoms with E-state index in [1.807, 2.05) is 6.07 Å². The van der Waals surface area contributed by atoms with Gasteiger partial charge in [-0.2, -0.15) is 0 Å². The predicted molar refractivity (Wildman–Crippen MR) is 73.3 cm³/mol. The van der Waals surface area contributed by atoms with E-state index >= 15 is 0 Å². The molecule has 0 spiro atoms. The first-order valence-corrected chi connectivity index (χ1v) is 7.07. The Bertz CT molecular complexity index is 621. The molecule has 0 bridgehead atoms. The maximum absolute atomic E-state index is 13.0. The number of halogens is 3. The van der Waals surface area contributed by atoms with Crippen molar-refractivity contribution >= 4 is 33.5 Å². The Labute approximate surface area is 121 Å². The van der Waals surface area contributed by atoms with Crippen molar-refractivity contribution in [3.63, 3.8) is 0 Å². The summed E-state index contributed by atoms with van der Waals surface area (Å²) >= 11 is 4.56. The number of aromatic nitrogens is 1. The third-order valence-corrected chi connectivity index (χ3v) is 4.21. The first-order valence-electron chi connectivity index (χ1n) is 5.29. The van der Waals surface area contributed by atoms with Crippen molar-refractivity contribution in [2.75, 3.05) is 5.75 Å². The molecule has 0 aliphatic heterocycles. The summed E-state index contributed by atoms with van der Waals surface area (Å²) in [5, 5.41) is 0.679. The molecule has 1 aromatic heterocycles. The van der Waals surface area contributed by atoms with Crippen LogP contribution in [0.3, 0.4) is 0 Å². The van der Waals surface area contributed by atoms with Crippen molar-refractivity contribution < 1.29 is 13.6 Å². The Hall–Kier alpha value is -1.27. The van der Waals surface area contributed by atoms with E-state index in [2.05, 4.69) is 20.9 Å². The minimum Gasteiger partial charge on any atom is -0.293 e. The van der Waals surface area contributed by atoms with Crippen molar-refractivity contribution in [1.82, 2.24) is 4.98 Å². The van der Waals surface area contributed by atoms with Crippen LogP contribution in [0.2, 0.25) is 0 Å². The number of benzene rings is 1. The number of nitrogens with zero attached hydrogens (tertiary/aromatic N) is 1. The molecule has 0 aliphatic rings. The van der Waals surface area contributed by atoms with E-state index < -0.39 is 11.6 Å². The number of hydrogen-bond acceptors (Lipinski definition) is 3. The summed E-state index contributed by atoms with van der Waals surface area (Å²) in [4.78, 5) is 15.9. The summed E-state index contributed by atoms with van der Waals surface area (Å²) in [7, 11) is 0. The van der Waals surface area contributed by atoms with Crippen molar-refractivity contribution in [3.05, 3.63) is 58.2 Å². The maximum atomic E-state index is 13.0. The van der Waals surface area contributed by atoms with Gasteiger partial charge in [0.15, 0.2) is 17.4 Å². The minimum absolute atomic E-state index is 0.112. The van der Waals surface area contributed by atoms with Crippen LogP contribution in [0.15, 0.2) is 46.0 Å². The number of carbonyl (C=O) groups is 1. The SMILES string of the molecule is O=C(CSc1ncccc1Br)c1ccc(F)c(F)c1. The van der Waals surface area contributed by atoms with Crippen LogP contribution < -0.4 is 0 Å². The molecule has 0 unspecified atom stereocenters. The number of pyridine rings is 1. The monoisotopic (exact) mass is 343 g/mol. The van der Waals surface area contributed by atoms with Gasteiger partial charge in [0.05, 0.1) is 5.75 Å². The molecule has 19 heavy (non-hydrogen) atoms. The molecule has 2 rings (SSSR count). The Balaban J connectivity index is 2.05.